The Hall–Kier alpha value is -1.02. The maximum atomic E-state index is 12.4. The lowest BCUT2D eigenvalue weighted by Gasteiger charge is -2.14. The Morgan fingerprint density at radius 2 is 1.91 bits per heavy atom. The van der Waals surface area contributed by atoms with Crippen molar-refractivity contribution in [2.24, 2.45) is 5.92 Å². The summed E-state index contributed by atoms with van der Waals surface area (Å²) >= 11 is 0. The van der Waals surface area contributed by atoms with E-state index >= 15 is 0 Å². The first-order valence-electron chi connectivity index (χ1n) is 7.66. The molecule has 0 aliphatic carbocycles. The number of hydrogen-bond acceptors (Lipinski definition) is 5. The molecule has 1 aromatic carbocycles. The van der Waals surface area contributed by atoms with Crippen molar-refractivity contribution in [3.05, 3.63) is 18.2 Å². The quantitative estimate of drug-likeness (QED) is 0.735. The fourth-order valence-electron chi connectivity index (χ4n) is 2.40. The van der Waals surface area contributed by atoms with Crippen molar-refractivity contribution in [1.29, 1.82) is 0 Å². The molecule has 6 nitrogen and oxygen atoms in total. The van der Waals surface area contributed by atoms with Crippen molar-refractivity contribution in [3.63, 3.8) is 0 Å². The molecule has 1 unspecified atom stereocenters. The molecule has 1 heterocycles. The summed E-state index contributed by atoms with van der Waals surface area (Å²) < 4.78 is 38.4. The fourth-order valence-corrected chi connectivity index (χ4v) is 3.53. The lowest BCUT2D eigenvalue weighted by molar-refractivity contribution is 0.287. The summed E-state index contributed by atoms with van der Waals surface area (Å²) in [5.74, 6) is 1.36. The zero-order chi connectivity index (χ0) is 16.0. The van der Waals surface area contributed by atoms with Crippen LogP contribution in [0.1, 0.15) is 20.3 Å². The Morgan fingerprint density at radius 1 is 1.22 bits per heavy atom. The highest BCUT2D eigenvalue weighted by Gasteiger charge is 2.21. The molecule has 1 aromatic rings. The smallest absolute Gasteiger partial charge is 0.240 e. The van der Waals surface area contributed by atoms with Gasteiger partial charge in [0.1, 0.15) is 0 Å². The minimum Gasteiger partial charge on any atom is -0.490 e. The molecule has 8 heteroatoms. The van der Waals surface area contributed by atoms with Crippen molar-refractivity contribution in [3.8, 4) is 11.5 Å². The third-order valence-corrected chi connectivity index (χ3v) is 4.97. The molecule has 132 valence electrons. The van der Waals surface area contributed by atoms with Crippen LogP contribution in [-0.2, 0) is 10.0 Å². The summed E-state index contributed by atoms with van der Waals surface area (Å²) in [4.78, 5) is 0.199. The number of nitrogens with one attached hydrogen (secondary N) is 2. The standard InChI is InChI=1S/C15H24N2O4S.ClH/c1-3-20-14-6-5-13(9-15(14)21-4-2)22(18,19)17-11-12-7-8-16-10-12;/h5-6,9,12,16-17H,3-4,7-8,10-11H2,1-2H3;1H. The number of rotatable bonds is 8. The van der Waals surface area contributed by atoms with Gasteiger partial charge in [-0.1, -0.05) is 0 Å². The Morgan fingerprint density at radius 3 is 2.52 bits per heavy atom. The summed E-state index contributed by atoms with van der Waals surface area (Å²) in [5, 5.41) is 3.22. The van der Waals surface area contributed by atoms with Crippen LogP contribution in [0.2, 0.25) is 0 Å². The van der Waals surface area contributed by atoms with Crippen molar-refractivity contribution < 1.29 is 17.9 Å². The highest BCUT2D eigenvalue weighted by Crippen LogP contribution is 2.30. The average molecular weight is 365 g/mol. The van der Waals surface area contributed by atoms with Gasteiger partial charge in [-0.05, 0) is 51.4 Å². The zero-order valence-corrected chi connectivity index (χ0v) is 15.1. The van der Waals surface area contributed by atoms with E-state index in [0.717, 1.165) is 19.5 Å². The molecular formula is C15H25ClN2O4S. The van der Waals surface area contributed by atoms with Gasteiger partial charge >= 0.3 is 0 Å². The molecule has 1 atom stereocenters. The van der Waals surface area contributed by atoms with E-state index in [1.54, 1.807) is 12.1 Å². The van der Waals surface area contributed by atoms with Crippen molar-refractivity contribution in [2.45, 2.75) is 25.2 Å². The molecular weight excluding hydrogens is 340 g/mol. The fraction of sp³-hybridized carbons (Fsp3) is 0.600. The molecule has 23 heavy (non-hydrogen) atoms. The van der Waals surface area contributed by atoms with Crippen LogP contribution in [-0.4, -0.2) is 41.3 Å². The first-order chi connectivity index (χ1) is 10.6. The van der Waals surface area contributed by atoms with Crippen LogP contribution in [0, 0.1) is 5.92 Å². The van der Waals surface area contributed by atoms with Crippen LogP contribution in [0.15, 0.2) is 23.1 Å². The molecule has 1 aliphatic heterocycles. The molecule has 0 bridgehead atoms. The Bertz CT molecular complexity index is 589. The van der Waals surface area contributed by atoms with E-state index in [4.69, 9.17) is 9.47 Å². The van der Waals surface area contributed by atoms with Gasteiger partial charge in [0.2, 0.25) is 10.0 Å². The first kappa shape index (κ1) is 20.0. The van der Waals surface area contributed by atoms with Gasteiger partial charge < -0.3 is 14.8 Å². The average Bonchev–Trinajstić information content (AvgIpc) is 3.01. The summed E-state index contributed by atoms with van der Waals surface area (Å²) in [6.45, 7) is 6.93. The van der Waals surface area contributed by atoms with Crippen LogP contribution in [0.25, 0.3) is 0 Å². The Balaban J connectivity index is 0.00000264. The second-order valence-corrected chi connectivity index (χ2v) is 6.95. The maximum absolute atomic E-state index is 12.4. The van der Waals surface area contributed by atoms with Crippen molar-refractivity contribution >= 4 is 22.4 Å². The van der Waals surface area contributed by atoms with Gasteiger partial charge in [0.25, 0.3) is 0 Å². The van der Waals surface area contributed by atoms with Gasteiger partial charge in [0.15, 0.2) is 11.5 Å². The van der Waals surface area contributed by atoms with Gasteiger partial charge in [0, 0.05) is 12.6 Å². The van der Waals surface area contributed by atoms with Gasteiger partial charge in [0.05, 0.1) is 18.1 Å². The predicted molar refractivity (Wildman–Crippen MR) is 92.2 cm³/mol. The molecule has 2 rings (SSSR count). The second-order valence-electron chi connectivity index (χ2n) is 5.19. The second kappa shape index (κ2) is 9.32. The Labute approximate surface area is 144 Å². The minimum atomic E-state index is -3.53. The normalized spacial score (nSPS) is 17.6. The first-order valence-corrected chi connectivity index (χ1v) is 9.15. The van der Waals surface area contributed by atoms with E-state index in [0.29, 0.717) is 37.2 Å². The van der Waals surface area contributed by atoms with Gasteiger partial charge in [-0.25, -0.2) is 13.1 Å². The van der Waals surface area contributed by atoms with Crippen LogP contribution in [0.3, 0.4) is 0 Å². The number of ether oxygens (including phenoxy) is 2. The van der Waals surface area contributed by atoms with Crippen LogP contribution >= 0.6 is 12.4 Å². The van der Waals surface area contributed by atoms with E-state index in [9.17, 15) is 8.42 Å². The van der Waals surface area contributed by atoms with E-state index < -0.39 is 10.0 Å². The molecule has 1 aliphatic rings. The molecule has 2 N–H and O–H groups in total. The van der Waals surface area contributed by atoms with Crippen LogP contribution in [0.4, 0.5) is 0 Å². The lowest BCUT2D eigenvalue weighted by atomic mass is 10.1. The third kappa shape index (κ3) is 5.53. The summed E-state index contributed by atoms with van der Waals surface area (Å²) in [7, 11) is -3.53. The zero-order valence-electron chi connectivity index (χ0n) is 13.5. The van der Waals surface area contributed by atoms with E-state index in [-0.39, 0.29) is 17.3 Å². The minimum absolute atomic E-state index is 0. The molecule has 0 spiro atoms. The van der Waals surface area contributed by atoms with Gasteiger partial charge in [-0.15, -0.1) is 12.4 Å². The number of benzene rings is 1. The molecule has 1 fully saturated rings. The number of sulfonamides is 1. The lowest BCUT2D eigenvalue weighted by Crippen LogP contribution is -2.30. The van der Waals surface area contributed by atoms with E-state index in [1.807, 2.05) is 13.8 Å². The van der Waals surface area contributed by atoms with Gasteiger partial charge in [-0.2, -0.15) is 0 Å². The Kier molecular flexibility index (Phi) is 8.11. The number of hydrogen-bond donors (Lipinski definition) is 2. The highest BCUT2D eigenvalue weighted by molar-refractivity contribution is 7.89. The molecule has 0 aromatic heterocycles. The molecule has 0 saturated carbocycles. The monoisotopic (exact) mass is 364 g/mol. The summed E-state index contributed by atoms with van der Waals surface area (Å²) in [6.07, 6.45) is 0.996. The van der Waals surface area contributed by atoms with E-state index in [1.165, 1.54) is 6.07 Å². The largest absolute Gasteiger partial charge is 0.490 e. The van der Waals surface area contributed by atoms with Crippen LogP contribution in [0.5, 0.6) is 11.5 Å². The molecule has 1 saturated heterocycles. The molecule has 0 amide bonds. The summed E-state index contributed by atoms with van der Waals surface area (Å²) in [5.41, 5.74) is 0. The van der Waals surface area contributed by atoms with Crippen molar-refractivity contribution in [1.82, 2.24) is 10.0 Å². The number of halogens is 1. The van der Waals surface area contributed by atoms with Crippen LogP contribution < -0.4 is 19.5 Å². The molecule has 0 radical (unpaired) electrons. The third-order valence-electron chi connectivity index (χ3n) is 3.55. The maximum Gasteiger partial charge on any atom is 0.240 e. The highest BCUT2D eigenvalue weighted by atomic mass is 35.5. The predicted octanol–water partition coefficient (Wildman–Crippen LogP) is 1.79. The topological polar surface area (TPSA) is 76.7 Å². The van der Waals surface area contributed by atoms with Gasteiger partial charge in [-0.3, -0.25) is 0 Å². The SMILES string of the molecule is CCOc1ccc(S(=O)(=O)NCC2CCNC2)cc1OCC.Cl. The van der Waals surface area contributed by atoms with E-state index in [2.05, 4.69) is 10.0 Å². The van der Waals surface area contributed by atoms with Crippen molar-refractivity contribution in [2.75, 3.05) is 32.8 Å². The summed E-state index contributed by atoms with van der Waals surface area (Å²) in [6, 6.07) is 4.70.